The normalized spacial score (nSPS) is 13.1. The average molecular weight is 276 g/mol. The predicted molar refractivity (Wildman–Crippen MR) is 85.8 cm³/mol. The van der Waals surface area contributed by atoms with E-state index in [2.05, 4.69) is 41.4 Å². The summed E-state index contributed by atoms with van der Waals surface area (Å²) >= 11 is 0. The summed E-state index contributed by atoms with van der Waals surface area (Å²) < 4.78 is 0. The molecule has 0 spiro atoms. The van der Waals surface area contributed by atoms with Crippen molar-refractivity contribution < 1.29 is 0 Å². The molecule has 0 aliphatic rings. The zero-order chi connectivity index (χ0) is 14.6. The second-order valence-corrected chi connectivity index (χ2v) is 5.06. The number of hydrogen-bond donors (Lipinski definition) is 2. The SMILES string of the molecule is CCCCCC(C)NC(=NCc1ccccn1)NCC. The number of aromatic nitrogens is 1. The van der Waals surface area contributed by atoms with Crippen molar-refractivity contribution in [2.24, 2.45) is 4.99 Å². The van der Waals surface area contributed by atoms with E-state index >= 15 is 0 Å². The molecule has 0 amide bonds. The number of pyridine rings is 1. The first-order valence-electron chi connectivity index (χ1n) is 7.71. The molecular formula is C16H28N4. The van der Waals surface area contributed by atoms with E-state index in [9.17, 15) is 0 Å². The standard InChI is InChI=1S/C16H28N4/c1-4-6-7-10-14(3)20-16(17-5-2)19-13-15-11-8-9-12-18-15/h8-9,11-12,14H,4-7,10,13H2,1-3H3,(H2,17,19,20). The monoisotopic (exact) mass is 276 g/mol. The van der Waals surface area contributed by atoms with Crippen molar-refractivity contribution in [3.63, 3.8) is 0 Å². The van der Waals surface area contributed by atoms with Crippen LogP contribution in [0.25, 0.3) is 0 Å². The number of unbranched alkanes of at least 4 members (excludes halogenated alkanes) is 2. The van der Waals surface area contributed by atoms with Crippen LogP contribution in [0.5, 0.6) is 0 Å². The molecular weight excluding hydrogens is 248 g/mol. The highest BCUT2D eigenvalue weighted by molar-refractivity contribution is 5.79. The lowest BCUT2D eigenvalue weighted by Gasteiger charge is -2.17. The molecule has 4 nitrogen and oxygen atoms in total. The van der Waals surface area contributed by atoms with Crippen molar-refractivity contribution in [1.29, 1.82) is 0 Å². The van der Waals surface area contributed by atoms with Gasteiger partial charge < -0.3 is 10.6 Å². The second-order valence-electron chi connectivity index (χ2n) is 5.06. The fraction of sp³-hybridized carbons (Fsp3) is 0.625. The molecule has 0 radical (unpaired) electrons. The predicted octanol–water partition coefficient (Wildman–Crippen LogP) is 3.11. The Hall–Kier alpha value is -1.58. The third kappa shape index (κ3) is 7.12. The van der Waals surface area contributed by atoms with Gasteiger partial charge in [0.2, 0.25) is 0 Å². The van der Waals surface area contributed by atoms with E-state index in [0.29, 0.717) is 12.6 Å². The van der Waals surface area contributed by atoms with E-state index in [4.69, 9.17) is 0 Å². The van der Waals surface area contributed by atoms with Crippen LogP contribution < -0.4 is 10.6 Å². The third-order valence-corrected chi connectivity index (χ3v) is 3.09. The summed E-state index contributed by atoms with van der Waals surface area (Å²) in [6.07, 6.45) is 6.82. The second kappa shape index (κ2) is 10.2. The summed E-state index contributed by atoms with van der Waals surface area (Å²) in [6.45, 7) is 8.01. The first-order valence-corrected chi connectivity index (χ1v) is 7.71. The molecule has 0 aliphatic heterocycles. The first-order chi connectivity index (χ1) is 9.76. The molecule has 1 rings (SSSR count). The van der Waals surface area contributed by atoms with Crippen LogP contribution in [0.15, 0.2) is 29.4 Å². The van der Waals surface area contributed by atoms with Crippen LogP contribution in [0.3, 0.4) is 0 Å². The minimum Gasteiger partial charge on any atom is -0.357 e. The van der Waals surface area contributed by atoms with Gasteiger partial charge in [0.05, 0.1) is 12.2 Å². The molecule has 1 aromatic heterocycles. The summed E-state index contributed by atoms with van der Waals surface area (Å²) in [7, 11) is 0. The smallest absolute Gasteiger partial charge is 0.191 e. The largest absolute Gasteiger partial charge is 0.357 e. The van der Waals surface area contributed by atoms with Crippen molar-refractivity contribution in [1.82, 2.24) is 15.6 Å². The molecule has 2 N–H and O–H groups in total. The zero-order valence-electron chi connectivity index (χ0n) is 13.0. The summed E-state index contributed by atoms with van der Waals surface area (Å²) in [4.78, 5) is 8.87. The van der Waals surface area contributed by atoms with Gasteiger partial charge in [-0.2, -0.15) is 0 Å². The quantitative estimate of drug-likeness (QED) is 0.436. The van der Waals surface area contributed by atoms with Crippen LogP contribution in [-0.2, 0) is 6.54 Å². The van der Waals surface area contributed by atoms with Gasteiger partial charge in [0.15, 0.2) is 5.96 Å². The number of nitrogens with one attached hydrogen (secondary N) is 2. The Morgan fingerprint density at radius 1 is 1.30 bits per heavy atom. The number of rotatable bonds is 8. The Balaban J connectivity index is 2.46. The van der Waals surface area contributed by atoms with Gasteiger partial charge in [0.25, 0.3) is 0 Å². The fourth-order valence-corrected chi connectivity index (χ4v) is 1.98. The zero-order valence-corrected chi connectivity index (χ0v) is 13.0. The fourth-order valence-electron chi connectivity index (χ4n) is 1.98. The van der Waals surface area contributed by atoms with Crippen molar-refractivity contribution in [2.75, 3.05) is 6.54 Å². The molecule has 0 saturated carbocycles. The molecule has 20 heavy (non-hydrogen) atoms. The Labute approximate surface area is 123 Å². The first kappa shape index (κ1) is 16.5. The molecule has 4 heteroatoms. The van der Waals surface area contributed by atoms with Crippen LogP contribution in [-0.4, -0.2) is 23.5 Å². The number of hydrogen-bond acceptors (Lipinski definition) is 2. The summed E-state index contributed by atoms with van der Waals surface area (Å²) in [6, 6.07) is 6.36. The van der Waals surface area contributed by atoms with Gasteiger partial charge in [-0.1, -0.05) is 32.3 Å². The summed E-state index contributed by atoms with van der Waals surface area (Å²) in [5.41, 5.74) is 0.989. The Bertz CT molecular complexity index is 375. The molecule has 0 aliphatic carbocycles. The maximum atomic E-state index is 4.58. The van der Waals surface area contributed by atoms with E-state index in [1.807, 2.05) is 18.2 Å². The van der Waals surface area contributed by atoms with Crippen LogP contribution in [0.2, 0.25) is 0 Å². The molecule has 1 unspecified atom stereocenters. The highest BCUT2D eigenvalue weighted by Crippen LogP contribution is 2.03. The topological polar surface area (TPSA) is 49.3 Å². The van der Waals surface area contributed by atoms with E-state index < -0.39 is 0 Å². The number of nitrogens with zero attached hydrogens (tertiary/aromatic N) is 2. The number of aliphatic imine (C=N–C) groups is 1. The van der Waals surface area contributed by atoms with Crippen molar-refractivity contribution >= 4 is 5.96 Å². The Morgan fingerprint density at radius 2 is 2.15 bits per heavy atom. The van der Waals surface area contributed by atoms with Gasteiger partial charge in [-0.3, -0.25) is 4.98 Å². The highest BCUT2D eigenvalue weighted by Gasteiger charge is 2.04. The summed E-state index contributed by atoms with van der Waals surface area (Å²) in [5, 5.41) is 6.74. The van der Waals surface area contributed by atoms with Crippen LogP contribution in [0, 0.1) is 0 Å². The van der Waals surface area contributed by atoms with Crippen molar-refractivity contribution in [3.8, 4) is 0 Å². The maximum Gasteiger partial charge on any atom is 0.191 e. The molecule has 0 fully saturated rings. The minimum absolute atomic E-state index is 0.447. The van der Waals surface area contributed by atoms with Gasteiger partial charge in [-0.15, -0.1) is 0 Å². The molecule has 0 saturated heterocycles. The van der Waals surface area contributed by atoms with E-state index in [-0.39, 0.29) is 0 Å². The highest BCUT2D eigenvalue weighted by atomic mass is 15.2. The van der Waals surface area contributed by atoms with Gasteiger partial charge in [-0.25, -0.2) is 4.99 Å². The molecule has 1 atom stereocenters. The van der Waals surface area contributed by atoms with Crippen LogP contribution in [0.1, 0.15) is 52.1 Å². The molecule has 0 bridgehead atoms. The lowest BCUT2D eigenvalue weighted by atomic mass is 10.1. The van der Waals surface area contributed by atoms with Crippen LogP contribution in [0.4, 0.5) is 0 Å². The Morgan fingerprint density at radius 3 is 2.80 bits per heavy atom. The van der Waals surface area contributed by atoms with E-state index in [0.717, 1.165) is 18.2 Å². The number of guanidine groups is 1. The summed E-state index contributed by atoms with van der Waals surface area (Å²) in [5.74, 6) is 0.877. The van der Waals surface area contributed by atoms with Gasteiger partial charge in [0, 0.05) is 18.8 Å². The lowest BCUT2D eigenvalue weighted by molar-refractivity contribution is 0.546. The van der Waals surface area contributed by atoms with Gasteiger partial charge in [0.1, 0.15) is 0 Å². The minimum atomic E-state index is 0.447. The molecule has 1 aromatic rings. The van der Waals surface area contributed by atoms with Crippen molar-refractivity contribution in [2.45, 2.75) is 59.0 Å². The molecule has 112 valence electrons. The molecule has 0 aromatic carbocycles. The molecule has 1 heterocycles. The van der Waals surface area contributed by atoms with Gasteiger partial charge >= 0.3 is 0 Å². The van der Waals surface area contributed by atoms with E-state index in [1.165, 1.54) is 25.7 Å². The van der Waals surface area contributed by atoms with Gasteiger partial charge in [-0.05, 0) is 32.4 Å². The van der Waals surface area contributed by atoms with E-state index in [1.54, 1.807) is 6.20 Å². The third-order valence-electron chi connectivity index (χ3n) is 3.09. The van der Waals surface area contributed by atoms with Crippen LogP contribution >= 0.6 is 0 Å². The maximum absolute atomic E-state index is 4.58. The lowest BCUT2D eigenvalue weighted by Crippen LogP contribution is -2.42. The van der Waals surface area contributed by atoms with Crippen molar-refractivity contribution in [3.05, 3.63) is 30.1 Å². The average Bonchev–Trinajstić information content (AvgIpc) is 2.46. The Kier molecular flexibility index (Phi) is 8.43.